The number of hydrogen-bond donors (Lipinski definition) is 1. The Hall–Kier alpha value is -1.32. The van der Waals surface area contributed by atoms with Crippen LogP contribution in [0.2, 0.25) is 0 Å². The molecular formula is C18H30F9N2O4+. The maximum absolute atomic E-state index is 13.5. The summed E-state index contributed by atoms with van der Waals surface area (Å²) in [6.45, 7) is 1.35. The van der Waals surface area contributed by atoms with E-state index in [1.165, 1.54) is 0 Å². The lowest BCUT2D eigenvalue weighted by Gasteiger charge is -2.33. The molecule has 0 spiro atoms. The molecule has 0 saturated carbocycles. The van der Waals surface area contributed by atoms with Crippen LogP contribution in [0.5, 0.6) is 0 Å². The first-order valence-electron chi connectivity index (χ1n) is 9.87. The summed E-state index contributed by atoms with van der Waals surface area (Å²) < 4.78 is 131. The highest BCUT2D eigenvalue weighted by Crippen LogP contribution is 2.53. The molecule has 33 heavy (non-hydrogen) atoms. The van der Waals surface area contributed by atoms with Crippen molar-refractivity contribution in [2.75, 3.05) is 54.2 Å². The van der Waals surface area contributed by atoms with Gasteiger partial charge in [0.2, 0.25) is 0 Å². The maximum Gasteiger partial charge on any atom is 0.460 e. The van der Waals surface area contributed by atoms with Gasteiger partial charge in [0.1, 0.15) is 13.0 Å². The third-order valence-corrected chi connectivity index (χ3v) is 4.10. The van der Waals surface area contributed by atoms with Crippen molar-refractivity contribution in [2.45, 2.75) is 56.4 Å². The molecular weight excluding hydrogens is 479 g/mol. The average molecular weight is 509 g/mol. The molecule has 1 N–H and O–H groups in total. The van der Waals surface area contributed by atoms with E-state index < -0.39 is 55.6 Å². The van der Waals surface area contributed by atoms with Crippen molar-refractivity contribution >= 4 is 5.97 Å². The van der Waals surface area contributed by atoms with E-state index in [-0.39, 0.29) is 6.79 Å². The van der Waals surface area contributed by atoms with Gasteiger partial charge in [-0.2, -0.15) is 39.5 Å². The number of likely N-dealkylation sites (N-methyl/N-ethyl adjacent to an activating group) is 1. The number of quaternary nitrogens is 1. The summed E-state index contributed by atoms with van der Waals surface area (Å²) in [6, 6.07) is 0. The number of hydrogen-bond acceptors (Lipinski definition) is 5. The Morgan fingerprint density at radius 1 is 0.939 bits per heavy atom. The van der Waals surface area contributed by atoms with Crippen LogP contribution in [-0.4, -0.2) is 94.9 Å². The molecule has 0 aromatic rings. The van der Waals surface area contributed by atoms with Gasteiger partial charge in [-0.1, -0.05) is 6.92 Å². The molecule has 0 radical (unpaired) electrons. The van der Waals surface area contributed by atoms with Crippen molar-refractivity contribution in [1.29, 1.82) is 0 Å². The summed E-state index contributed by atoms with van der Waals surface area (Å²) in [5, 5.41) is 2.84. The van der Waals surface area contributed by atoms with Crippen LogP contribution in [0.15, 0.2) is 0 Å². The molecule has 0 heterocycles. The number of rotatable bonds is 16. The number of halogens is 9. The normalized spacial score (nSPS) is 14.9. The first-order chi connectivity index (χ1) is 14.8. The minimum Gasteiger partial charge on any atom is -0.465 e. The standard InChI is InChI=1S/C18H30F9N2O4/c1-5-9-31-12-33-13(28-7-8-29(2,3)4)11-14(30)32-10-6-15(19,20)16(21,22)17(23,24)18(25,26)27/h13,28H,5-12H2,1-4H3/q+1. The maximum atomic E-state index is 13.5. The number of esters is 1. The van der Waals surface area contributed by atoms with Gasteiger partial charge < -0.3 is 18.7 Å². The molecule has 0 fully saturated rings. The monoisotopic (exact) mass is 509 g/mol. The Bertz CT molecular complexity index is 596. The molecule has 0 aliphatic carbocycles. The Labute approximate surface area is 185 Å². The van der Waals surface area contributed by atoms with E-state index >= 15 is 0 Å². The summed E-state index contributed by atoms with van der Waals surface area (Å²) in [7, 11) is 5.65. The Kier molecular flexibility index (Phi) is 11.9. The zero-order chi connectivity index (χ0) is 26.1. The summed E-state index contributed by atoms with van der Waals surface area (Å²) in [6.07, 6.45) is -10.1. The largest absolute Gasteiger partial charge is 0.465 e. The molecule has 0 bridgehead atoms. The molecule has 0 saturated heterocycles. The number of nitrogens with one attached hydrogen (secondary N) is 1. The van der Waals surface area contributed by atoms with Crippen molar-refractivity contribution in [3.8, 4) is 0 Å². The van der Waals surface area contributed by atoms with E-state index in [4.69, 9.17) is 9.47 Å². The molecule has 198 valence electrons. The third kappa shape index (κ3) is 10.2. The second-order valence-corrected chi connectivity index (χ2v) is 8.18. The van der Waals surface area contributed by atoms with Gasteiger partial charge >= 0.3 is 29.9 Å². The lowest BCUT2D eigenvalue weighted by Crippen LogP contribution is -2.61. The molecule has 0 aromatic heterocycles. The molecule has 1 unspecified atom stereocenters. The van der Waals surface area contributed by atoms with E-state index in [0.717, 1.165) is 0 Å². The van der Waals surface area contributed by atoms with Crippen molar-refractivity contribution in [3.05, 3.63) is 0 Å². The number of alkyl halides is 9. The first kappa shape index (κ1) is 31.7. The van der Waals surface area contributed by atoms with Gasteiger partial charge in [0, 0.05) is 13.2 Å². The minimum atomic E-state index is -6.99. The Morgan fingerprint density at radius 3 is 2.00 bits per heavy atom. The van der Waals surface area contributed by atoms with Crippen molar-refractivity contribution in [3.63, 3.8) is 0 Å². The van der Waals surface area contributed by atoms with E-state index in [0.29, 0.717) is 30.6 Å². The second kappa shape index (κ2) is 12.4. The number of ether oxygens (including phenoxy) is 3. The van der Waals surface area contributed by atoms with Crippen LogP contribution in [0.3, 0.4) is 0 Å². The van der Waals surface area contributed by atoms with Crippen LogP contribution in [0, 0.1) is 0 Å². The van der Waals surface area contributed by atoms with E-state index in [2.05, 4.69) is 10.1 Å². The van der Waals surface area contributed by atoms with Crippen LogP contribution >= 0.6 is 0 Å². The zero-order valence-electron chi connectivity index (χ0n) is 18.7. The summed E-state index contributed by atoms with van der Waals surface area (Å²) in [5.41, 5.74) is 0. The number of carbonyl (C=O) groups excluding carboxylic acids is 1. The van der Waals surface area contributed by atoms with Crippen LogP contribution in [0.25, 0.3) is 0 Å². The van der Waals surface area contributed by atoms with Gasteiger partial charge in [-0.3, -0.25) is 10.1 Å². The van der Waals surface area contributed by atoms with Crippen molar-refractivity contribution in [2.24, 2.45) is 0 Å². The third-order valence-electron chi connectivity index (χ3n) is 4.10. The highest BCUT2D eigenvalue weighted by molar-refractivity contribution is 5.69. The molecule has 6 nitrogen and oxygen atoms in total. The molecule has 0 rings (SSSR count). The smallest absolute Gasteiger partial charge is 0.460 e. The lowest BCUT2D eigenvalue weighted by molar-refractivity contribution is -0.869. The second-order valence-electron chi connectivity index (χ2n) is 8.18. The predicted molar refractivity (Wildman–Crippen MR) is 98.0 cm³/mol. The summed E-state index contributed by atoms with van der Waals surface area (Å²) >= 11 is 0. The van der Waals surface area contributed by atoms with E-state index in [9.17, 15) is 44.3 Å². The van der Waals surface area contributed by atoms with Crippen LogP contribution < -0.4 is 5.32 Å². The molecule has 0 aliphatic heterocycles. The highest BCUT2D eigenvalue weighted by atomic mass is 19.4. The predicted octanol–water partition coefficient (Wildman–Crippen LogP) is 3.80. The molecule has 15 heteroatoms. The highest BCUT2D eigenvalue weighted by Gasteiger charge is 2.81. The Balaban J connectivity index is 4.88. The van der Waals surface area contributed by atoms with Gasteiger partial charge in [0.25, 0.3) is 0 Å². The van der Waals surface area contributed by atoms with E-state index in [1.807, 2.05) is 28.1 Å². The quantitative estimate of drug-likeness (QED) is 0.113. The van der Waals surface area contributed by atoms with Gasteiger partial charge in [-0.15, -0.1) is 0 Å². The molecule has 1 atom stereocenters. The molecule has 0 amide bonds. The topological polar surface area (TPSA) is 56.8 Å². The van der Waals surface area contributed by atoms with Crippen LogP contribution in [0.1, 0.15) is 26.2 Å². The van der Waals surface area contributed by atoms with Gasteiger partial charge in [-0.05, 0) is 6.42 Å². The first-order valence-corrected chi connectivity index (χ1v) is 9.87. The molecule has 0 aliphatic rings. The van der Waals surface area contributed by atoms with Crippen LogP contribution in [-0.2, 0) is 19.0 Å². The minimum absolute atomic E-state index is 0.236. The van der Waals surface area contributed by atoms with Gasteiger partial charge in [0.15, 0.2) is 0 Å². The van der Waals surface area contributed by atoms with E-state index in [1.54, 1.807) is 0 Å². The summed E-state index contributed by atoms with van der Waals surface area (Å²) in [4.78, 5) is 11.8. The summed E-state index contributed by atoms with van der Waals surface area (Å²) in [5.74, 6) is -20.8. The van der Waals surface area contributed by atoms with Gasteiger partial charge in [-0.25, -0.2) is 0 Å². The average Bonchev–Trinajstić information content (AvgIpc) is 2.62. The zero-order valence-corrected chi connectivity index (χ0v) is 18.7. The lowest BCUT2D eigenvalue weighted by atomic mass is 10.0. The fourth-order valence-electron chi connectivity index (χ4n) is 2.15. The fourth-order valence-corrected chi connectivity index (χ4v) is 2.15. The molecule has 0 aromatic carbocycles. The van der Waals surface area contributed by atoms with Crippen molar-refractivity contribution < 1.29 is 63.0 Å². The Morgan fingerprint density at radius 2 is 1.52 bits per heavy atom. The van der Waals surface area contributed by atoms with Crippen molar-refractivity contribution in [1.82, 2.24) is 5.32 Å². The SMILES string of the molecule is CCCOCOC(CC(=O)OCCC(F)(F)C(F)(F)C(F)(F)C(F)(F)F)NCC[N+](C)(C)C. The van der Waals surface area contributed by atoms with Crippen LogP contribution in [0.4, 0.5) is 39.5 Å². The fraction of sp³-hybridized carbons (Fsp3) is 0.944. The number of nitrogens with zero attached hydrogens (tertiary/aromatic N) is 1. The van der Waals surface area contributed by atoms with Gasteiger partial charge in [0.05, 0.1) is 47.1 Å². The number of carbonyl (C=O) groups is 1.